The van der Waals surface area contributed by atoms with E-state index < -0.39 is 6.10 Å². The predicted octanol–water partition coefficient (Wildman–Crippen LogP) is 20.4. The van der Waals surface area contributed by atoms with Crippen LogP contribution in [0.25, 0.3) is 0 Å². The van der Waals surface area contributed by atoms with Crippen molar-refractivity contribution in [1.82, 2.24) is 0 Å². The Morgan fingerprint density at radius 2 is 0.557 bits per heavy atom. The van der Waals surface area contributed by atoms with E-state index in [-0.39, 0.29) is 31.1 Å². The number of hydrogen-bond donors (Lipinski definition) is 0. The molecule has 0 N–H and O–H groups in total. The lowest BCUT2D eigenvalue weighted by Gasteiger charge is -2.18. The van der Waals surface area contributed by atoms with E-state index in [1.165, 1.54) is 173 Å². The lowest BCUT2D eigenvalue weighted by atomic mass is 10.0. The fourth-order valence-electron chi connectivity index (χ4n) is 8.72. The Balaban J connectivity index is 4.37. The zero-order valence-corrected chi connectivity index (χ0v) is 46.5. The van der Waals surface area contributed by atoms with Gasteiger partial charge in [0.1, 0.15) is 13.2 Å². The molecular formula is C64H114O6. The SMILES string of the molecule is CC/C=C\C/C=C\C/C=C\C/C=C\CCCCC(=O)OCC(COC(=O)CCCCCCCCCCCCCCCCCCCCCCC)OC(=O)CCCCCCC/C=C\CCCCCCCCC. The summed E-state index contributed by atoms with van der Waals surface area (Å²) in [5.41, 5.74) is 0. The molecule has 0 heterocycles. The van der Waals surface area contributed by atoms with Gasteiger partial charge in [-0.1, -0.05) is 268 Å². The normalized spacial score (nSPS) is 12.4. The topological polar surface area (TPSA) is 78.9 Å². The average Bonchev–Trinajstić information content (AvgIpc) is 3.36. The molecule has 0 aromatic heterocycles. The molecule has 1 atom stereocenters. The highest BCUT2D eigenvalue weighted by Gasteiger charge is 2.19. The summed E-state index contributed by atoms with van der Waals surface area (Å²) >= 11 is 0. The quantitative estimate of drug-likeness (QED) is 0.0261. The summed E-state index contributed by atoms with van der Waals surface area (Å²) in [4.78, 5) is 38.2. The Morgan fingerprint density at radius 1 is 0.300 bits per heavy atom. The van der Waals surface area contributed by atoms with Crippen molar-refractivity contribution in [3.05, 3.63) is 60.8 Å². The van der Waals surface area contributed by atoms with Crippen molar-refractivity contribution in [3.8, 4) is 0 Å². The zero-order valence-electron chi connectivity index (χ0n) is 46.5. The lowest BCUT2D eigenvalue weighted by molar-refractivity contribution is -0.167. The van der Waals surface area contributed by atoms with Crippen molar-refractivity contribution in [2.45, 2.75) is 316 Å². The monoisotopic (exact) mass is 979 g/mol. The third-order valence-corrected chi connectivity index (χ3v) is 13.3. The fourth-order valence-corrected chi connectivity index (χ4v) is 8.72. The van der Waals surface area contributed by atoms with E-state index in [9.17, 15) is 14.4 Å². The summed E-state index contributed by atoms with van der Waals surface area (Å²) < 4.78 is 16.9. The molecule has 6 heteroatoms. The first-order valence-electron chi connectivity index (χ1n) is 30.3. The van der Waals surface area contributed by atoms with Gasteiger partial charge in [0.2, 0.25) is 0 Å². The first kappa shape index (κ1) is 67.1. The molecule has 6 nitrogen and oxygen atoms in total. The standard InChI is InChI=1S/C64H114O6/c1-4-7-10-13-16-19-22-25-28-30-31-32-33-34-37-39-42-45-48-51-54-57-63(66)69-60-61(59-68-62(65)56-53-50-47-44-41-38-35-27-24-21-18-15-12-9-6-3)70-64(67)58-55-52-49-46-43-40-36-29-26-23-20-17-14-11-8-5-2/h9,12,18,21,27,29,35-36,41,44,61H,4-8,10-11,13-17,19-20,22-26,28,30-34,37-40,42-43,45-60H2,1-3H3/b12-9-,21-18-,35-27-,36-29-,44-41-. The van der Waals surface area contributed by atoms with E-state index in [2.05, 4.69) is 81.5 Å². The molecule has 0 spiro atoms. The summed E-state index contributed by atoms with van der Waals surface area (Å²) in [5, 5.41) is 0. The maximum atomic E-state index is 12.9. The average molecular weight is 980 g/mol. The summed E-state index contributed by atoms with van der Waals surface area (Å²) in [6, 6.07) is 0. The third kappa shape index (κ3) is 56.0. The van der Waals surface area contributed by atoms with Crippen molar-refractivity contribution in [2.75, 3.05) is 13.2 Å². The Labute approximate surface area is 434 Å². The molecule has 0 rings (SSSR count). The number of ether oxygens (including phenoxy) is 3. The van der Waals surface area contributed by atoms with E-state index in [1.807, 2.05) is 0 Å². The molecule has 406 valence electrons. The van der Waals surface area contributed by atoms with Crippen LogP contribution in [-0.4, -0.2) is 37.2 Å². The Morgan fingerprint density at radius 3 is 0.914 bits per heavy atom. The van der Waals surface area contributed by atoms with E-state index >= 15 is 0 Å². The molecule has 0 aromatic carbocycles. The van der Waals surface area contributed by atoms with Crippen molar-refractivity contribution >= 4 is 17.9 Å². The second-order valence-electron chi connectivity index (χ2n) is 20.2. The summed E-state index contributed by atoms with van der Waals surface area (Å²) in [7, 11) is 0. The fraction of sp³-hybridized carbons (Fsp3) is 0.797. The maximum Gasteiger partial charge on any atom is 0.306 e. The number of carbonyl (C=O) groups is 3. The summed E-state index contributed by atoms with van der Waals surface area (Å²) in [6.45, 7) is 6.52. The molecule has 1 unspecified atom stereocenters. The molecule has 0 saturated heterocycles. The second kappa shape index (κ2) is 58.7. The van der Waals surface area contributed by atoms with Gasteiger partial charge in [0, 0.05) is 19.3 Å². The highest BCUT2D eigenvalue weighted by atomic mass is 16.6. The van der Waals surface area contributed by atoms with Crippen LogP contribution in [0, 0.1) is 0 Å². The molecule has 0 bridgehead atoms. The Kier molecular flexibility index (Phi) is 56.3. The van der Waals surface area contributed by atoms with Crippen LogP contribution in [0.1, 0.15) is 310 Å². The zero-order chi connectivity index (χ0) is 50.7. The molecule has 0 radical (unpaired) electrons. The molecule has 0 aromatic rings. The van der Waals surface area contributed by atoms with Crippen LogP contribution in [0.5, 0.6) is 0 Å². The Bertz CT molecular complexity index is 1260. The second-order valence-corrected chi connectivity index (χ2v) is 20.2. The van der Waals surface area contributed by atoms with E-state index in [1.54, 1.807) is 0 Å². The van der Waals surface area contributed by atoms with E-state index in [0.29, 0.717) is 19.3 Å². The van der Waals surface area contributed by atoms with Gasteiger partial charge in [-0.3, -0.25) is 14.4 Å². The minimum atomic E-state index is -0.794. The van der Waals surface area contributed by atoms with Crippen molar-refractivity contribution in [1.29, 1.82) is 0 Å². The number of carbonyl (C=O) groups excluding carboxylic acids is 3. The molecule has 70 heavy (non-hydrogen) atoms. The molecular weight excluding hydrogens is 865 g/mol. The Hall–Kier alpha value is -2.89. The first-order chi connectivity index (χ1) is 34.5. The molecule has 0 aliphatic heterocycles. The lowest BCUT2D eigenvalue weighted by Crippen LogP contribution is -2.30. The number of hydrogen-bond acceptors (Lipinski definition) is 6. The summed E-state index contributed by atoms with van der Waals surface area (Å²) in [5.74, 6) is -0.925. The van der Waals surface area contributed by atoms with Crippen LogP contribution >= 0.6 is 0 Å². The molecule has 0 saturated carbocycles. The molecule has 0 fully saturated rings. The number of unbranched alkanes of at least 4 members (excludes halogenated alkanes) is 34. The first-order valence-corrected chi connectivity index (χ1v) is 30.3. The van der Waals surface area contributed by atoms with Gasteiger partial charge < -0.3 is 14.2 Å². The van der Waals surface area contributed by atoms with Crippen LogP contribution in [-0.2, 0) is 28.6 Å². The van der Waals surface area contributed by atoms with Crippen LogP contribution in [0.3, 0.4) is 0 Å². The van der Waals surface area contributed by atoms with Crippen molar-refractivity contribution in [3.63, 3.8) is 0 Å². The minimum Gasteiger partial charge on any atom is -0.462 e. The molecule has 0 aliphatic carbocycles. The smallest absolute Gasteiger partial charge is 0.306 e. The van der Waals surface area contributed by atoms with Gasteiger partial charge in [-0.05, 0) is 83.5 Å². The van der Waals surface area contributed by atoms with Crippen LogP contribution in [0.15, 0.2) is 60.8 Å². The van der Waals surface area contributed by atoms with Gasteiger partial charge in [-0.15, -0.1) is 0 Å². The van der Waals surface area contributed by atoms with Crippen molar-refractivity contribution in [2.24, 2.45) is 0 Å². The van der Waals surface area contributed by atoms with Crippen LogP contribution < -0.4 is 0 Å². The molecule has 0 aliphatic rings. The van der Waals surface area contributed by atoms with Crippen molar-refractivity contribution < 1.29 is 28.6 Å². The van der Waals surface area contributed by atoms with Crippen LogP contribution in [0.4, 0.5) is 0 Å². The predicted molar refractivity (Wildman–Crippen MR) is 302 cm³/mol. The van der Waals surface area contributed by atoms with E-state index in [4.69, 9.17) is 14.2 Å². The van der Waals surface area contributed by atoms with Gasteiger partial charge >= 0.3 is 17.9 Å². The minimum absolute atomic E-state index is 0.0879. The van der Waals surface area contributed by atoms with Gasteiger partial charge in [0.25, 0.3) is 0 Å². The highest BCUT2D eigenvalue weighted by Crippen LogP contribution is 2.17. The van der Waals surface area contributed by atoms with Gasteiger partial charge in [-0.25, -0.2) is 0 Å². The number of allylic oxidation sites excluding steroid dienone is 10. The number of rotatable bonds is 55. The largest absolute Gasteiger partial charge is 0.462 e. The maximum absolute atomic E-state index is 12.9. The van der Waals surface area contributed by atoms with Gasteiger partial charge in [0.05, 0.1) is 0 Å². The summed E-state index contributed by atoms with van der Waals surface area (Å²) in [6.07, 6.45) is 73.7. The molecule has 0 amide bonds. The number of esters is 3. The highest BCUT2D eigenvalue weighted by molar-refractivity contribution is 5.71. The third-order valence-electron chi connectivity index (χ3n) is 13.3. The van der Waals surface area contributed by atoms with Gasteiger partial charge in [0.15, 0.2) is 6.10 Å². The van der Waals surface area contributed by atoms with Crippen LogP contribution in [0.2, 0.25) is 0 Å². The van der Waals surface area contributed by atoms with E-state index in [0.717, 1.165) is 96.3 Å². The van der Waals surface area contributed by atoms with Gasteiger partial charge in [-0.2, -0.15) is 0 Å².